The zero-order valence-electron chi connectivity index (χ0n) is 12.2. The molecule has 21 heavy (non-hydrogen) atoms. The molecule has 1 aromatic heterocycles. The number of aryl methyl sites for hydroxylation is 1. The summed E-state index contributed by atoms with van der Waals surface area (Å²) >= 11 is 0. The molecular weight excluding hydrogens is 272 g/mol. The second-order valence-electron chi connectivity index (χ2n) is 4.98. The maximum Gasteiger partial charge on any atom is 0.326 e. The lowest BCUT2D eigenvalue weighted by Crippen LogP contribution is -2.41. The molecule has 0 saturated carbocycles. The van der Waals surface area contributed by atoms with Gasteiger partial charge in [0, 0.05) is 30.4 Å². The van der Waals surface area contributed by atoms with E-state index in [-0.39, 0.29) is 12.3 Å². The quantitative estimate of drug-likeness (QED) is 0.780. The van der Waals surface area contributed by atoms with Gasteiger partial charge in [-0.2, -0.15) is 0 Å². The normalized spacial score (nSPS) is 12.1. The summed E-state index contributed by atoms with van der Waals surface area (Å²) in [5, 5.41) is 12.5. The van der Waals surface area contributed by atoms with Crippen LogP contribution in [0.1, 0.15) is 18.1 Å². The van der Waals surface area contributed by atoms with E-state index < -0.39 is 12.0 Å². The van der Waals surface area contributed by atoms with Crippen LogP contribution in [-0.4, -0.2) is 35.1 Å². The first-order valence-corrected chi connectivity index (χ1v) is 6.57. The molecule has 0 aliphatic rings. The number of aromatic nitrogens is 1. The molecule has 2 rings (SSSR count). The largest absolute Gasteiger partial charge is 0.497 e. The van der Waals surface area contributed by atoms with Crippen LogP contribution in [0, 0.1) is 6.92 Å². The highest BCUT2D eigenvalue weighted by molar-refractivity contribution is 5.89. The number of H-pyrrole nitrogens is 1. The van der Waals surface area contributed by atoms with Crippen LogP contribution in [0.15, 0.2) is 18.3 Å². The number of fused-ring (bicyclic) bond motifs is 1. The van der Waals surface area contributed by atoms with E-state index in [9.17, 15) is 14.7 Å². The average molecular weight is 290 g/mol. The molecule has 3 N–H and O–H groups in total. The first kappa shape index (κ1) is 14.9. The Hall–Kier alpha value is -2.50. The number of carboxylic acids is 1. The molecule has 0 aliphatic carbocycles. The lowest BCUT2D eigenvalue weighted by atomic mass is 10.0. The average Bonchev–Trinajstić information content (AvgIpc) is 2.81. The van der Waals surface area contributed by atoms with Gasteiger partial charge in [0.05, 0.1) is 7.11 Å². The fourth-order valence-electron chi connectivity index (χ4n) is 2.39. The predicted octanol–water partition coefficient (Wildman–Crippen LogP) is 1.62. The Balaban J connectivity index is 2.39. The Bertz CT molecular complexity index is 690. The number of carboxylic acid groups (broad SMARTS) is 1. The highest BCUT2D eigenvalue weighted by Crippen LogP contribution is 2.27. The van der Waals surface area contributed by atoms with E-state index in [1.54, 1.807) is 13.3 Å². The molecule has 0 bridgehead atoms. The van der Waals surface area contributed by atoms with Crippen LogP contribution in [0.5, 0.6) is 5.75 Å². The number of ether oxygens (including phenoxy) is 1. The minimum atomic E-state index is -1.06. The minimum Gasteiger partial charge on any atom is -0.497 e. The van der Waals surface area contributed by atoms with E-state index in [2.05, 4.69) is 10.3 Å². The fourth-order valence-corrected chi connectivity index (χ4v) is 2.39. The van der Waals surface area contributed by atoms with Crippen LogP contribution >= 0.6 is 0 Å². The maximum atomic E-state index is 11.2. The molecule has 2 aromatic rings. The van der Waals surface area contributed by atoms with Gasteiger partial charge in [0.15, 0.2) is 0 Å². The second-order valence-corrected chi connectivity index (χ2v) is 4.98. The van der Waals surface area contributed by atoms with Crippen molar-refractivity contribution in [2.45, 2.75) is 26.3 Å². The van der Waals surface area contributed by atoms with Crippen molar-refractivity contribution in [1.29, 1.82) is 0 Å². The molecule has 0 saturated heterocycles. The molecule has 1 heterocycles. The minimum absolute atomic E-state index is 0.210. The van der Waals surface area contributed by atoms with Gasteiger partial charge in [-0.3, -0.25) is 4.79 Å². The molecule has 0 aliphatic heterocycles. The zero-order chi connectivity index (χ0) is 15.6. The Labute approximate surface area is 122 Å². The number of aliphatic carboxylic acids is 1. The maximum absolute atomic E-state index is 11.2. The number of hydrogen-bond acceptors (Lipinski definition) is 3. The summed E-state index contributed by atoms with van der Waals surface area (Å²) in [5.74, 6) is -0.706. The summed E-state index contributed by atoms with van der Waals surface area (Å²) in [6.07, 6.45) is 1.98. The lowest BCUT2D eigenvalue weighted by molar-refractivity contribution is -0.141. The van der Waals surface area contributed by atoms with Crippen molar-refractivity contribution in [1.82, 2.24) is 10.3 Å². The number of amides is 1. The molecule has 0 spiro atoms. The number of rotatable bonds is 5. The van der Waals surface area contributed by atoms with Gasteiger partial charge in [-0.25, -0.2) is 4.79 Å². The van der Waals surface area contributed by atoms with E-state index >= 15 is 0 Å². The summed E-state index contributed by atoms with van der Waals surface area (Å²) in [5.41, 5.74) is 2.79. The summed E-state index contributed by atoms with van der Waals surface area (Å²) in [4.78, 5) is 25.5. The second kappa shape index (κ2) is 5.87. The van der Waals surface area contributed by atoms with Gasteiger partial charge in [-0.1, -0.05) is 0 Å². The van der Waals surface area contributed by atoms with Crippen molar-refractivity contribution in [3.63, 3.8) is 0 Å². The SMILES string of the molecule is COc1cc(C)c2[nH]cc(CC(NC(C)=O)C(=O)O)c2c1. The molecule has 0 fully saturated rings. The number of aromatic amines is 1. The first-order valence-electron chi connectivity index (χ1n) is 6.57. The predicted molar refractivity (Wildman–Crippen MR) is 78.5 cm³/mol. The molecule has 1 amide bonds. The summed E-state index contributed by atoms with van der Waals surface area (Å²) in [6.45, 7) is 3.26. The molecule has 1 aromatic carbocycles. The molecule has 0 radical (unpaired) electrons. The van der Waals surface area contributed by atoms with Crippen LogP contribution in [0.4, 0.5) is 0 Å². The highest BCUT2D eigenvalue weighted by Gasteiger charge is 2.21. The Kier molecular flexibility index (Phi) is 4.16. The van der Waals surface area contributed by atoms with Gasteiger partial charge < -0.3 is 20.1 Å². The van der Waals surface area contributed by atoms with Gasteiger partial charge in [-0.15, -0.1) is 0 Å². The number of carbonyl (C=O) groups is 2. The lowest BCUT2D eigenvalue weighted by Gasteiger charge is -2.13. The number of benzene rings is 1. The Morgan fingerprint density at radius 3 is 2.71 bits per heavy atom. The van der Waals surface area contributed by atoms with E-state index in [1.807, 2.05) is 19.1 Å². The van der Waals surface area contributed by atoms with Crippen molar-refractivity contribution in [2.24, 2.45) is 0 Å². The molecular formula is C15H18N2O4. The summed E-state index contributed by atoms with van der Waals surface area (Å²) < 4.78 is 5.24. The Morgan fingerprint density at radius 2 is 2.14 bits per heavy atom. The third-order valence-electron chi connectivity index (χ3n) is 3.38. The highest BCUT2D eigenvalue weighted by atomic mass is 16.5. The summed E-state index contributed by atoms with van der Waals surface area (Å²) in [6, 6.07) is 2.82. The van der Waals surface area contributed by atoms with Gasteiger partial charge in [0.2, 0.25) is 5.91 Å². The van der Waals surface area contributed by atoms with E-state index in [1.165, 1.54) is 6.92 Å². The van der Waals surface area contributed by atoms with Crippen molar-refractivity contribution in [3.8, 4) is 5.75 Å². The Morgan fingerprint density at radius 1 is 1.43 bits per heavy atom. The van der Waals surface area contributed by atoms with Crippen LogP contribution < -0.4 is 10.1 Å². The number of nitrogens with one attached hydrogen (secondary N) is 2. The summed E-state index contributed by atoms with van der Waals surface area (Å²) in [7, 11) is 1.59. The molecule has 6 nitrogen and oxygen atoms in total. The van der Waals surface area contributed by atoms with Gasteiger partial charge in [-0.05, 0) is 30.2 Å². The van der Waals surface area contributed by atoms with Gasteiger partial charge in [0.25, 0.3) is 0 Å². The van der Waals surface area contributed by atoms with E-state index in [0.717, 1.165) is 22.0 Å². The van der Waals surface area contributed by atoms with Gasteiger partial charge >= 0.3 is 5.97 Å². The molecule has 6 heteroatoms. The first-order chi connectivity index (χ1) is 9.92. The van der Waals surface area contributed by atoms with Crippen LogP contribution in [0.2, 0.25) is 0 Å². The zero-order valence-corrected chi connectivity index (χ0v) is 12.2. The van der Waals surface area contributed by atoms with Crippen LogP contribution in [0.25, 0.3) is 10.9 Å². The van der Waals surface area contributed by atoms with Crippen LogP contribution in [0.3, 0.4) is 0 Å². The van der Waals surface area contributed by atoms with Crippen molar-refractivity contribution < 1.29 is 19.4 Å². The third-order valence-corrected chi connectivity index (χ3v) is 3.38. The third kappa shape index (κ3) is 3.16. The van der Waals surface area contributed by atoms with Gasteiger partial charge in [0.1, 0.15) is 11.8 Å². The van der Waals surface area contributed by atoms with Crippen molar-refractivity contribution in [2.75, 3.05) is 7.11 Å². The smallest absolute Gasteiger partial charge is 0.326 e. The standard InChI is InChI=1S/C15H18N2O4/c1-8-4-11(21-3)6-12-10(7-16-14(8)12)5-13(15(19)20)17-9(2)18/h4,6-7,13,16H,5H2,1-3H3,(H,17,18)(H,19,20). The van der Waals surface area contributed by atoms with Crippen molar-refractivity contribution in [3.05, 3.63) is 29.5 Å². The molecule has 1 atom stereocenters. The number of carbonyl (C=O) groups excluding carboxylic acids is 1. The topological polar surface area (TPSA) is 91.4 Å². The molecule has 112 valence electrons. The van der Waals surface area contributed by atoms with E-state index in [0.29, 0.717) is 5.75 Å². The van der Waals surface area contributed by atoms with Crippen molar-refractivity contribution >= 4 is 22.8 Å². The monoisotopic (exact) mass is 290 g/mol. The number of methoxy groups -OCH3 is 1. The molecule has 1 unspecified atom stereocenters. The van der Waals surface area contributed by atoms with E-state index in [4.69, 9.17) is 4.74 Å². The number of hydrogen-bond donors (Lipinski definition) is 3. The van der Waals surface area contributed by atoms with Crippen LogP contribution in [-0.2, 0) is 16.0 Å². The fraction of sp³-hybridized carbons (Fsp3) is 0.333.